The molecule has 0 unspecified atom stereocenters. The van der Waals surface area contributed by atoms with Gasteiger partial charge in [0.25, 0.3) is 0 Å². The molecule has 0 fully saturated rings. The number of fused-ring (bicyclic) bond motifs is 1. The first-order chi connectivity index (χ1) is 12.8. The van der Waals surface area contributed by atoms with Crippen LogP contribution in [0.3, 0.4) is 0 Å². The van der Waals surface area contributed by atoms with Crippen molar-refractivity contribution in [3.63, 3.8) is 0 Å². The zero-order chi connectivity index (χ0) is 17.8. The molecule has 4 rings (SSSR count). The Bertz CT molecular complexity index is 996. The molecule has 0 aliphatic heterocycles. The third-order valence-corrected chi connectivity index (χ3v) is 4.23. The molecule has 0 radical (unpaired) electrons. The molecule has 0 atom stereocenters. The van der Waals surface area contributed by atoms with Gasteiger partial charge >= 0.3 is 0 Å². The molecule has 6 nitrogen and oxygen atoms in total. The van der Waals surface area contributed by atoms with Gasteiger partial charge in [-0.1, -0.05) is 30.3 Å². The van der Waals surface area contributed by atoms with Crippen molar-refractivity contribution >= 4 is 16.9 Å². The lowest BCUT2D eigenvalue weighted by Crippen LogP contribution is -2.07. The fourth-order valence-electron chi connectivity index (χ4n) is 2.86. The first kappa shape index (κ1) is 16.1. The number of para-hydroxylation sites is 1. The fourth-order valence-corrected chi connectivity index (χ4v) is 2.86. The minimum absolute atomic E-state index is 0.773. The molecule has 6 heteroatoms. The van der Waals surface area contributed by atoms with E-state index in [1.807, 2.05) is 47.1 Å². The molecular weight excluding hydrogens is 326 g/mol. The Hall–Kier alpha value is -3.41. The second-order valence-electron chi connectivity index (χ2n) is 5.88. The molecule has 2 aromatic heterocycles. The second kappa shape index (κ2) is 7.23. The van der Waals surface area contributed by atoms with E-state index < -0.39 is 0 Å². The largest absolute Gasteiger partial charge is 0.497 e. The van der Waals surface area contributed by atoms with Gasteiger partial charge in [0.15, 0.2) is 5.65 Å². The van der Waals surface area contributed by atoms with Crippen LogP contribution in [-0.4, -0.2) is 33.4 Å². The average Bonchev–Trinajstić information content (AvgIpc) is 3.14. The summed E-state index contributed by atoms with van der Waals surface area (Å²) in [4.78, 5) is 8.78. The van der Waals surface area contributed by atoms with Crippen LogP contribution in [0.15, 0.2) is 67.1 Å². The fraction of sp³-hybridized carbons (Fsp3) is 0.150. The Morgan fingerprint density at radius 2 is 1.81 bits per heavy atom. The summed E-state index contributed by atoms with van der Waals surface area (Å²) in [5.41, 5.74) is 3.01. The van der Waals surface area contributed by atoms with Crippen molar-refractivity contribution in [2.75, 3.05) is 19.0 Å². The Balaban J connectivity index is 1.51. The van der Waals surface area contributed by atoms with Crippen molar-refractivity contribution < 1.29 is 4.74 Å². The summed E-state index contributed by atoms with van der Waals surface area (Å²) < 4.78 is 7.01. The molecule has 4 aromatic rings. The van der Waals surface area contributed by atoms with Gasteiger partial charge in [0.05, 0.1) is 24.4 Å². The highest BCUT2D eigenvalue weighted by Gasteiger charge is 2.10. The van der Waals surface area contributed by atoms with Crippen LogP contribution in [-0.2, 0) is 6.42 Å². The van der Waals surface area contributed by atoms with Crippen molar-refractivity contribution in [1.29, 1.82) is 0 Å². The van der Waals surface area contributed by atoms with Crippen LogP contribution in [0.25, 0.3) is 16.7 Å². The standard InChI is InChI=1S/C20H19N5O/c1-26-17-9-7-15(8-10-17)11-12-21-19-18-13-24-25(20(18)23-14-22-19)16-5-3-2-4-6-16/h2-10,13-14H,11-12H2,1H3,(H,21,22,23). The molecule has 2 aromatic carbocycles. The first-order valence-corrected chi connectivity index (χ1v) is 8.46. The lowest BCUT2D eigenvalue weighted by Gasteiger charge is -2.07. The highest BCUT2D eigenvalue weighted by molar-refractivity contribution is 5.87. The van der Waals surface area contributed by atoms with Crippen molar-refractivity contribution in [2.24, 2.45) is 0 Å². The van der Waals surface area contributed by atoms with E-state index in [2.05, 4.69) is 32.5 Å². The number of methoxy groups -OCH3 is 1. The Kier molecular flexibility index (Phi) is 4.47. The van der Waals surface area contributed by atoms with E-state index in [1.165, 1.54) is 5.56 Å². The minimum atomic E-state index is 0.773. The molecule has 0 aliphatic carbocycles. The van der Waals surface area contributed by atoms with E-state index in [1.54, 1.807) is 19.6 Å². The van der Waals surface area contributed by atoms with Gasteiger partial charge in [-0.15, -0.1) is 0 Å². The maximum atomic E-state index is 5.19. The van der Waals surface area contributed by atoms with Crippen LogP contribution in [0.2, 0.25) is 0 Å². The van der Waals surface area contributed by atoms with Crippen LogP contribution in [0.1, 0.15) is 5.56 Å². The van der Waals surface area contributed by atoms with E-state index in [9.17, 15) is 0 Å². The molecule has 0 spiro atoms. The zero-order valence-electron chi connectivity index (χ0n) is 14.5. The van der Waals surface area contributed by atoms with E-state index in [0.29, 0.717) is 0 Å². The summed E-state index contributed by atoms with van der Waals surface area (Å²) in [5.74, 6) is 1.67. The third kappa shape index (κ3) is 3.21. The molecule has 26 heavy (non-hydrogen) atoms. The first-order valence-electron chi connectivity index (χ1n) is 8.46. The SMILES string of the molecule is COc1ccc(CCNc2ncnc3c2cnn3-c2ccccc2)cc1. The summed E-state index contributed by atoms with van der Waals surface area (Å²) >= 11 is 0. The number of aromatic nitrogens is 4. The molecule has 0 amide bonds. The third-order valence-electron chi connectivity index (χ3n) is 4.23. The highest BCUT2D eigenvalue weighted by Crippen LogP contribution is 2.21. The van der Waals surface area contributed by atoms with Crippen molar-refractivity contribution in [1.82, 2.24) is 19.7 Å². The monoisotopic (exact) mass is 345 g/mol. The zero-order valence-corrected chi connectivity index (χ0v) is 14.5. The van der Waals surface area contributed by atoms with Gasteiger partial charge < -0.3 is 10.1 Å². The van der Waals surface area contributed by atoms with Gasteiger partial charge in [0.2, 0.25) is 0 Å². The van der Waals surface area contributed by atoms with Crippen molar-refractivity contribution in [3.05, 3.63) is 72.7 Å². The Labute approximate surface area is 151 Å². The maximum Gasteiger partial charge on any atom is 0.168 e. The molecule has 0 saturated heterocycles. The lowest BCUT2D eigenvalue weighted by molar-refractivity contribution is 0.414. The molecule has 0 saturated carbocycles. The van der Waals surface area contributed by atoms with Crippen LogP contribution >= 0.6 is 0 Å². The molecule has 2 heterocycles. The lowest BCUT2D eigenvalue weighted by atomic mass is 10.1. The maximum absolute atomic E-state index is 5.19. The molecule has 0 aliphatic rings. The quantitative estimate of drug-likeness (QED) is 0.580. The van der Waals surface area contributed by atoms with Crippen molar-refractivity contribution in [2.45, 2.75) is 6.42 Å². The van der Waals surface area contributed by atoms with E-state index in [-0.39, 0.29) is 0 Å². The second-order valence-corrected chi connectivity index (χ2v) is 5.88. The van der Waals surface area contributed by atoms with Gasteiger partial charge in [0.1, 0.15) is 17.9 Å². The number of hydrogen-bond donors (Lipinski definition) is 1. The number of hydrogen-bond acceptors (Lipinski definition) is 5. The Morgan fingerprint density at radius 3 is 2.58 bits per heavy atom. The average molecular weight is 345 g/mol. The van der Waals surface area contributed by atoms with E-state index in [0.717, 1.165) is 41.3 Å². The van der Waals surface area contributed by atoms with Crippen LogP contribution < -0.4 is 10.1 Å². The smallest absolute Gasteiger partial charge is 0.168 e. The number of anilines is 1. The number of rotatable bonds is 6. The van der Waals surface area contributed by atoms with E-state index >= 15 is 0 Å². The number of ether oxygens (including phenoxy) is 1. The summed E-state index contributed by atoms with van der Waals surface area (Å²) in [6.45, 7) is 0.773. The van der Waals surface area contributed by atoms with Gasteiger partial charge in [-0.2, -0.15) is 5.10 Å². The van der Waals surface area contributed by atoms with Crippen molar-refractivity contribution in [3.8, 4) is 11.4 Å². The predicted octanol–water partition coefficient (Wildman–Crippen LogP) is 3.48. The van der Waals surface area contributed by atoms with E-state index in [4.69, 9.17) is 4.74 Å². The Morgan fingerprint density at radius 1 is 1.00 bits per heavy atom. The number of nitrogens with zero attached hydrogens (tertiary/aromatic N) is 4. The summed E-state index contributed by atoms with van der Waals surface area (Å²) in [6.07, 6.45) is 4.26. The molecule has 130 valence electrons. The van der Waals surface area contributed by atoms with Crippen LogP contribution in [0.4, 0.5) is 5.82 Å². The molecular formula is C20H19N5O. The summed E-state index contributed by atoms with van der Waals surface area (Å²) in [5, 5.41) is 8.77. The summed E-state index contributed by atoms with van der Waals surface area (Å²) in [7, 11) is 1.67. The predicted molar refractivity (Wildman–Crippen MR) is 102 cm³/mol. The topological polar surface area (TPSA) is 64.9 Å². The highest BCUT2D eigenvalue weighted by atomic mass is 16.5. The van der Waals surface area contributed by atoms with Crippen LogP contribution in [0.5, 0.6) is 5.75 Å². The number of benzene rings is 2. The molecule has 0 bridgehead atoms. The molecule has 1 N–H and O–H groups in total. The van der Waals surface area contributed by atoms with Gasteiger partial charge in [-0.25, -0.2) is 14.6 Å². The summed E-state index contributed by atoms with van der Waals surface area (Å²) in [6, 6.07) is 18.1. The van der Waals surface area contributed by atoms with Gasteiger partial charge in [-0.3, -0.25) is 0 Å². The normalized spacial score (nSPS) is 10.8. The van der Waals surface area contributed by atoms with Crippen LogP contribution in [0, 0.1) is 0 Å². The number of nitrogens with one attached hydrogen (secondary N) is 1. The van der Waals surface area contributed by atoms with Gasteiger partial charge in [-0.05, 0) is 36.2 Å². The minimum Gasteiger partial charge on any atom is -0.497 e. The van der Waals surface area contributed by atoms with Gasteiger partial charge in [0, 0.05) is 6.54 Å².